The van der Waals surface area contributed by atoms with Crippen LogP contribution < -0.4 is 5.32 Å². The summed E-state index contributed by atoms with van der Waals surface area (Å²) in [5.41, 5.74) is 4.09. The average Bonchev–Trinajstić information content (AvgIpc) is 3.02. The number of thiophene rings is 1. The highest BCUT2D eigenvalue weighted by molar-refractivity contribution is 7.10. The van der Waals surface area contributed by atoms with Crippen molar-refractivity contribution in [2.45, 2.75) is 51.6 Å². The van der Waals surface area contributed by atoms with Crippen molar-refractivity contribution in [3.05, 3.63) is 39.3 Å². The highest BCUT2D eigenvalue weighted by Crippen LogP contribution is 2.33. The first-order valence-electron chi connectivity index (χ1n) is 7.47. The van der Waals surface area contributed by atoms with Crippen molar-refractivity contribution in [2.75, 3.05) is 0 Å². The molecule has 4 heteroatoms. The van der Waals surface area contributed by atoms with Crippen LogP contribution in [-0.2, 0) is 20.0 Å². The quantitative estimate of drug-likeness (QED) is 0.928. The number of fused-ring (bicyclic) bond motifs is 1. The zero-order valence-corrected chi connectivity index (χ0v) is 13.3. The van der Waals surface area contributed by atoms with Gasteiger partial charge in [-0.25, -0.2) is 0 Å². The van der Waals surface area contributed by atoms with Gasteiger partial charge in [0.25, 0.3) is 0 Å². The zero-order valence-electron chi connectivity index (χ0n) is 12.5. The first-order valence-corrected chi connectivity index (χ1v) is 8.35. The van der Waals surface area contributed by atoms with Gasteiger partial charge in [0, 0.05) is 36.3 Å². The van der Waals surface area contributed by atoms with E-state index in [9.17, 15) is 0 Å². The van der Waals surface area contributed by atoms with E-state index in [-0.39, 0.29) is 0 Å². The Morgan fingerprint density at radius 3 is 3.15 bits per heavy atom. The van der Waals surface area contributed by atoms with E-state index < -0.39 is 0 Å². The predicted molar refractivity (Wildman–Crippen MR) is 84.1 cm³/mol. The zero-order chi connectivity index (χ0) is 14.1. The van der Waals surface area contributed by atoms with Crippen molar-refractivity contribution in [2.24, 2.45) is 7.05 Å². The maximum atomic E-state index is 4.59. The Morgan fingerprint density at radius 1 is 1.50 bits per heavy atom. The van der Waals surface area contributed by atoms with Crippen LogP contribution >= 0.6 is 11.3 Å². The smallest absolute Gasteiger partial charge is 0.0694 e. The highest BCUT2D eigenvalue weighted by atomic mass is 32.1. The molecule has 2 aromatic heterocycles. The lowest BCUT2D eigenvalue weighted by molar-refractivity contribution is 0.462. The summed E-state index contributed by atoms with van der Waals surface area (Å²) in [6, 6.07) is 2.81. The van der Waals surface area contributed by atoms with E-state index in [0.29, 0.717) is 12.0 Å². The Labute approximate surface area is 125 Å². The monoisotopic (exact) mass is 289 g/mol. The molecule has 0 amide bonds. The van der Waals surface area contributed by atoms with Crippen LogP contribution in [0.25, 0.3) is 0 Å². The molecule has 1 aliphatic carbocycles. The lowest BCUT2D eigenvalue weighted by atomic mass is 9.94. The number of nitrogens with one attached hydrogen (secondary N) is 1. The minimum Gasteiger partial charge on any atom is -0.306 e. The Kier molecular flexibility index (Phi) is 3.94. The SMILES string of the molecule is CC(C)c1nn(C)cc1CNC1CCCc2sccc21. The Bertz CT molecular complexity index is 582. The van der Waals surface area contributed by atoms with Crippen LogP contribution in [0.15, 0.2) is 17.6 Å². The van der Waals surface area contributed by atoms with Crippen LogP contribution in [0.2, 0.25) is 0 Å². The Morgan fingerprint density at radius 2 is 2.35 bits per heavy atom. The maximum Gasteiger partial charge on any atom is 0.0694 e. The van der Waals surface area contributed by atoms with E-state index in [1.807, 2.05) is 23.1 Å². The van der Waals surface area contributed by atoms with Gasteiger partial charge in [-0.05, 0) is 42.2 Å². The summed E-state index contributed by atoms with van der Waals surface area (Å²) in [6.07, 6.45) is 5.96. The molecular formula is C16H23N3S. The number of aromatic nitrogens is 2. The second kappa shape index (κ2) is 5.70. The third-order valence-corrected chi connectivity index (χ3v) is 5.07. The minimum absolute atomic E-state index is 0.482. The summed E-state index contributed by atoms with van der Waals surface area (Å²) in [5.74, 6) is 0.482. The second-order valence-electron chi connectivity index (χ2n) is 5.99. The molecule has 2 heterocycles. The Balaban J connectivity index is 1.72. The van der Waals surface area contributed by atoms with Gasteiger partial charge in [0.15, 0.2) is 0 Å². The summed E-state index contributed by atoms with van der Waals surface area (Å²) in [4.78, 5) is 1.57. The Hall–Kier alpha value is -1.13. The van der Waals surface area contributed by atoms with E-state index in [0.717, 1.165) is 6.54 Å². The molecule has 0 fully saturated rings. The number of rotatable bonds is 4. The van der Waals surface area contributed by atoms with E-state index in [1.165, 1.54) is 36.1 Å². The van der Waals surface area contributed by atoms with E-state index in [1.54, 1.807) is 4.88 Å². The molecule has 1 unspecified atom stereocenters. The molecule has 2 aromatic rings. The van der Waals surface area contributed by atoms with E-state index >= 15 is 0 Å². The molecule has 0 bridgehead atoms. The third kappa shape index (κ3) is 2.67. The van der Waals surface area contributed by atoms with Gasteiger partial charge < -0.3 is 5.32 Å². The van der Waals surface area contributed by atoms with Crippen LogP contribution in [0.1, 0.15) is 60.3 Å². The average molecular weight is 289 g/mol. The normalized spacial score (nSPS) is 18.5. The highest BCUT2D eigenvalue weighted by Gasteiger charge is 2.21. The van der Waals surface area contributed by atoms with Crippen molar-refractivity contribution < 1.29 is 0 Å². The fraction of sp³-hybridized carbons (Fsp3) is 0.562. The lowest BCUT2D eigenvalue weighted by Gasteiger charge is -2.24. The molecule has 0 aromatic carbocycles. The summed E-state index contributed by atoms with van der Waals surface area (Å²) in [6.45, 7) is 5.34. The number of hydrogen-bond acceptors (Lipinski definition) is 3. The van der Waals surface area contributed by atoms with Crippen LogP contribution in [0.5, 0.6) is 0 Å². The third-order valence-electron chi connectivity index (χ3n) is 4.07. The maximum absolute atomic E-state index is 4.59. The van der Waals surface area contributed by atoms with Crippen molar-refractivity contribution in [3.63, 3.8) is 0 Å². The summed E-state index contributed by atoms with van der Waals surface area (Å²) in [7, 11) is 2.01. The fourth-order valence-corrected chi connectivity index (χ4v) is 4.10. The molecule has 0 aliphatic heterocycles. The molecule has 0 saturated heterocycles. The van der Waals surface area contributed by atoms with Gasteiger partial charge in [-0.15, -0.1) is 11.3 Å². The van der Waals surface area contributed by atoms with Crippen LogP contribution in [0, 0.1) is 0 Å². The topological polar surface area (TPSA) is 29.9 Å². The summed E-state index contributed by atoms with van der Waals surface area (Å²) in [5, 5.41) is 10.6. The van der Waals surface area contributed by atoms with Crippen molar-refractivity contribution in [3.8, 4) is 0 Å². The van der Waals surface area contributed by atoms with Crippen molar-refractivity contribution in [1.82, 2.24) is 15.1 Å². The fourth-order valence-electron chi connectivity index (χ4n) is 3.11. The molecule has 0 radical (unpaired) electrons. The molecule has 1 aliphatic rings. The van der Waals surface area contributed by atoms with Gasteiger partial charge in [0.2, 0.25) is 0 Å². The van der Waals surface area contributed by atoms with Crippen LogP contribution in [0.4, 0.5) is 0 Å². The van der Waals surface area contributed by atoms with Crippen LogP contribution in [-0.4, -0.2) is 9.78 Å². The summed E-state index contributed by atoms with van der Waals surface area (Å²) >= 11 is 1.91. The van der Waals surface area contributed by atoms with Crippen molar-refractivity contribution >= 4 is 11.3 Å². The van der Waals surface area contributed by atoms with Gasteiger partial charge in [-0.1, -0.05) is 13.8 Å². The van der Waals surface area contributed by atoms with Gasteiger partial charge in [-0.2, -0.15) is 5.10 Å². The van der Waals surface area contributed by atoms with Gasteiger partial charge >= 0.3 is 0 Å². The van der Waals surface area contributed by atoms with Gasteiger partial charge in [0.1, 0.15) is 0 Å². The lowest BCUT2D eigenvalue weighted by Crippen LogP contribution is -2.24. The first kappa shape index (κ1) is 13.8. The standard InChI is InChI=1S/C16H23N3S/c1-11(2)16-12(10-19(3)18-16)9-17-14-5-4-6-15-13(14)7-8-20-15/h7-8,10-11,14,17H,4-6,9H2,1-3H3. The van der Waals surface area contributed by atoms with E-state index in [2.05, 4.69) is 41.9 Å². The first-order chi connectivity index (χ1) is 9.65. The van der Waals surface area contributed by atoms with Gasteiger partial charge in [-0.3, -0.25) is 4.68 Å². The number of nitrogens with zero attached hydrogens (tertiary/aromatic N) is 2. The van der Waals surface area contributed by atoms with Crippen LogP contribution in [0.3, 0.4) is 0 Å². The van der Waals surface area contributed by atoms with Crippen molar-refractivity contribution in [1.29, 1.82) is 0 Å². The summed E-state index contributed by atoms with van der Waals surface area (Å²) < 4.78 is 1.93. The molecule has 1 atom stereocenters. The molecule has 108 valence electrons. The molecule has 1 N–H and O–H groups in total. The molecular weight excluding hydrogens is 266 g/mol. The minimum atomic E-state index is 0.482. The molecule has 0 spiro atoms. The molecule has 3 nitrogen and oxygen atoms in total. The number of hydrogen-bond donors (Lipinski definition) is 1. The molecule has 20 heavy (non-hydrogen) atoms. The largest absolute Gasteiger partial charge is 0.306 e. The second-order valence-corrected chi connectivity index (χ2v) is 6.99. The van der Waals surface area contributed by atoms with Gasteiger partial charge in [0.05, 0.1) is 5.69 Å². The van der Waals surface area contributed by atoms with E-state index in [4.69, 9.17) is 0 Å². The molecule has 0 saturated carbocycles. The molecule has 3 rings (SSSR count). The number of aryl methyl sites for hydroxylation is 2. The predicted octanol–water partition coefficient (Wildman–Crippen LogP) is 3.77.